The minimum absolute atomic E-state index is 0. The van der Waals surface area contributed by atoms with Crippen LogP contribution in [0.25, 0.3) is 0 Å². The van der Waals surface area contributed by atoms with Gasteiger partial charge in [-0.3, -0.25) is 0 Å². The number of hydrogen-bond donors (Lipinski definition) is 1. The molecule has 0 aliphatic heterocycles. The van der Waals surface area contributed by atoms with Crippen LogP contribution in [0.5, 0.6) is 0 Å². The maximum atomic E-state index is 10.5. The maximum absolute atomic E-state index is 10.5. The number of anilines is 1. The molecule has 0 aliphatic rings. The zero-order valence-corrected chi connectivity index (χ0v) is 14.1. The number of rotatable bonds is 1. The van der Waals surface area contributed by atoms with E-state index in [-0.39, 0.29) is 62.6 Å². The minimum atomic E-state index is -5.45. The van der Waals surface area contributed by atoms with Gasteiger partial charge in [0.25, 0.3) is 0 Å². The molecule has 0 radical (unpaired) electrons. The van der Waals surface area contributed by atoms with Gasteiger partial charge in [0.1, 0.15) is 0 Å². The van der Waals surface area contributed by atoms with Crippen LogP contribution in [0.15, 0.2) is 24.3 Å². The summed E-state index contributed by atoms with van der Waals surface area (Å²) in [6.07, 6.45) is 0. The number of hydrogen-bond acceptors (Lipinski definition) is 4. The molecule has 0 bridgehead atoms. The first-order valence-corrected chi connectivity index (χ1v) is 7.28. The van der Waals surface area contributed by atoms with Crippen molar-refractivity contribution in [1.29, 1.82) is 0 Å². The summed E-state index contributed by atoms with van der Waals surface area (Å²) < 4.78 is 31.3. The summed E-state index contributed by atoms with van der Waals surface area (Å²) >= 11 is -5.45. The molecule has 0 atom stereocenters. The molecule has 2 N–H and O–H groups in total. The predicted octanol–water partition coefficient (Wildman–Crippen LogP) is -8.43. The molecule has 4 nitrogen and oxygen atoms in total. The van der Waals surface area contributed by atoms with E-state index < -0.39 is 19.6 Å². The van der Waals surface area contributed by atoms with Crippen LogP contribution >= 0.6 is 0 Å². The van der Waals surface area contributed by atoms with Crippen molar-refractivity contribution in [2.24, 2.45) is 0 Å². The Kier molecular flexibility index (Phi) is 9.05. The summed E-state index contributed by atoms with van der Waals surface area (Å²) in [5, 5.41) is 0. The summed E-state index contributed by atoms with van der Waals surface area (Å²) in [6, 6.07) is 5.25. The number of nitrogens with two attached hydrogens (primary N) is 1. The Morgan fingerprint density at radius 1 is 1.08 bits per heavy atom. The Bertz CT molecular complexity index is 297. The van der Waals surface area contributed by atoms with Crippen molar-refractivity contribution in [3.05, 3.63) is 24.3 Å². The molecule has 0 aliphatic carbocycles. The molecule has 0 unspecified atom stereocenters. The van der Waals surface area contributed by atoms with E-state index in [9.17, 15) is 9.79 Å². The van der Waals surface area contributed by atoms with E-state index in [1.54, 1.807) is 0 Å². The largest absolute Gasteiger partial charge is 1.00 e. The third-order valence-corrected chi connectivity index (χ3v) is 3.87. The van der Waals surface area contributed by atoms with Gasteiger partial charge in [-0.15, -0.1) is 0 Å². The Labute approximate surface area is 126 Å². The van der Waals surface area contributed by atoms with Crippen LogP contribution in [-0.2, 0) is 3.02 Å². The molecule has 0 spiro atoms. The smallest absolute Gasteiger partial charge is 1.00 e. The van der Waals surface area contributed by atoms with Gasteiger partial charge >= 0.3 is 128 Å². The van der Waals surface area contributed by atoms with Crippen molar-refractivity contribution in [3.63, 3.8) is 0 Å². The second kappa shape index (κ2) is 6.94. The molecular formula is C6H6NNa2O3Sb. The molecule has 60 valence electrons. The molecule has 1 rings (SSSR count). The zero-order valence-electron chi connectivity index (χ0n) is 7.56. The first kappa shape index (κ1) is 17.0. The minimum Gasteiger partial charge on any atom is 1.00 e. The Balaban J connectivity index is 0. The molecule has 13 heavy (non-hydrogen) atoms. The first-order chi connectivity index (χ1) is 5.00. The fraction of sp³-hybridized carbons (Fsp3) is 0. The SMILES string of the molecule is Nc1cc[c]([Sb](=[O])([O-])[O-])cc1.[Na+].[Na+]. The number of nitrogen functional groups attached to an aromatic ring is 1. The van der Waals surface area contributed by atoms with Gasteiger partial charge in [-0.1, -0.05) is 0 Å². The van der Waals surface area contributed by atoms with Crippen LogP contribution < -0.4 is 75.1 Å². The van der Waals surface area contributed by atoms with Gasteiger partial charge in [-0.2, -0.15) is 0 Å². The second-order valence-corrected chi connectivity index (χ2v) is 6.40. The van der Waals surface area contributed by atoms with Gasteiger partial charge in [0.15, 0.2) is 0 Å². The van der Waals surface area contributed by atoms with Gasteiger partial charge in [0.05, 0.1) is 0 Å². The van der Waals surface area contributed by atoms with Gasteiger partial charge in [0, 0.05) is 0 Å². The zero-order chi connectivity index (χ0) is 8.48. The Hall–Kier alpha value is 1.56. The predicted molar refractivity (Wildman–Crippen MR) is 36.9 cm³/mol. The molecule has 0 aromatic heterocycles. The third-order valence-electron chi connectivity index (χ3n) is 1.21. The Morgan fingerprint density at radius 2 is 1.46 bits per heavy atom. The van der Waals surface area contributed by atoms with Gasteiger partial charge in [0.2, 0.25) is 0 Å². The monoisotopic (exact) mass is 307 g/mol. The van der Waals surface area contributed by atoms with E-state index in [0.717, 1.165) is 0 Å². The fourth-order valence-electron chi connectivity index (χ4n) is 0.657. The quantitative estimate of drug-likeness (QED) is 0.412. The van der Waals surface area contributed by atoms with Crippen molar-refractivity contribution in [2.45, 2.75) is 0 Å². The van der Waals surface area contributed by atoms with E-state index in [2.05, 4.69) is 0 Å². The molecule has 7 heteroatoms. The molecule has 0 saturated heterocycles. The normalized spacial score (nSPS) is 9.69. The van der Waals surface area contributed by atoms with Crippen molar-refractivity contribution >= 4 is 28.8 Å². The van der Waals surface area contributed by atoms with Gasteiger partial charge < -0.3 is 0 Å². The van der Waals surface area contributed by atoms with Crippen LogP contribution in [0.4, 0.5) is 5.69 Å². The standard InChI is InChI=1S/C6H6N.2Na.3O.Sb/c7-6-4-2-1-3-5-6;;;;;;/h2-5H,7H2;;;;;;/q;2*+1;;2*-1;. The average Bonchev–Trinajstić information content (AvgIpc) is 1.86. The molecule has 1 aromatic rings. The van der Waals surface area contributed by atoms with Crippen molar-refractivity contribution in [1.82, 2.24) is 0 Å². The summed E-state index contributed by atoms with van der Waals surface area (Å²) in [7, 11) is 0. The van der Waals surface area contributed by atoms with E-state index in [1.165, 1.54) is 24.3 Å². The van der Waals surface area contributed by atoms with Crippen LogP contribution in [0.2, 0.25) is 0 Å². The van der Waals surface area contributed by atoms with Crippen LogP contribution in [0, 0.1) is 0 Å². The summed E-state index contributed by atoms with van der Waals surface area (Å²) in [6.45, 7) is 0. The fourth-order valence-corrected chi connectivity index (χ4v) is 2.12. The van der Waals surface area contributed by atoms with E-state index in [0.29, 0.717) is 5.69 Å². The topological polar surface area (TPSA) is 89.2 Å². The molecule has 0 heterocycles. The van der Waals surface area contributed by atoms with Gasteiger partial charge in [-0.05, 0) is 0 Å². The Morgan fingerprint density at radius 3 is 1.77 bits per heavy atom. The molecule has 0 fully saturated rings. The molecule has 1 aromatic carbocycles. The summed E-state index contributed by atoms with van der Waals surface area (Å²) in [5.41, 5.74) is 5.73. The second-order valence-electron chi connectivity index (χ2n) is 2.09. The summed E-state index contributed by atoms with van der Waals surface area (Å²) in [5.74, 6) is 0. The van der Waals surface area contributed by atoms with E-state index >= 15 is 0 Å². The maximum Gasteiger partial charge on any atom is 1.00 e. The first-order valence-electron chi connectivity index (χ1n) is 2.88. The third kappa shape index (κ3) is 5.88. The van der Waals surface area contributed by atoms with Crippen LogP contribution in [0.3, 0.4) is 0 Å². The van der Waals surface area contributed by atoms with Crippen molar-refractivity contribution < 1.29 is 68.9 Å². The van der Waals surface area contributed by atoms with Crippen molar-refractivity contribution in [3.8, 4) is 0 Å². The molecule has 0 saturated carbocycles. The van der Waals surface area contributed by atoms with E-state index in [1.807, 2.05) is 0 Å². The van der Waals surface area contributed by atoms with Crippen LogP contribution in [0.1, 0.15) is 0 Å². The van der Waals surface area contributed by atoms with E-state index in [4.69, 9.17) is 5.73 Å². The molecular weight excluding hydrogens is 302 g/mol. The average molecular weight is 308 g/mol. The van der Waals surface area contributed by atoms with Gasteiger partial charge in [-0.25, -0.2) is 0 Å². The molecule has 0 amide bonds. The van der Waals surface area contributed by atoms with Crippen LogP contribution in [-0.4, -0.2) is 19.6 Å². The summed E-state index contributed by atoms with van der Waals surface area (Å²) in [4.78, 5) is 0. The van der Waals surface area contributed by atoms with Crippen molar-refractivity contribution in [2.75, 3.05) is 5.73 Å². The number of benzene rings is 1.